The van der Waals surface area contributed by atoms with Gasteiger partial charge >= 0.3 is 0 Å². The lowest BCUT2D eigenvalue weighted by Crippen LogP contribution is -2.53. The van der Waals surface area contributed by atoms with Gasteiger partial charge in [0.25, 0.3) is 5.91 Å². The lowest BCUT2D eigenvalue weighted by atomic mass is 9.67. The molecule has 1 heterocycles. The largest absolute Gasteiger partial charge is 0.348 e. The molecule has 6 heteroatoms. The molecule has 2 aliphatic carbocycles. The first-order valence-corrected chi connectivity index (χ1v) is 9.17. The van der Waals surface area contributed by atoms with Crippen molar-refractivity contribution >= 4 is 39.7 Å². The Morgan fingerprint density at radius 3 is 2.62 bits per heavy atom. The van der Waals surface area contributed by atoms with E-state index in [-0.39, 0.29) is 36.2 Å². The van der Waals surface area contributed by atoms with Crippen LogP contribution in [0, 0.1) is 17.7 Å². The molecule has 1 aromatic carbocycles. The van der Waals surface area contributed by atoms with Crippen LogP contribution in [0.3, 0.4) is 0 Å². The summed E-state index contributed by atoms with van der Waals surface area (Å²) in [5.41, 5.74) is 6.15. The second kappa shape index (κ2) is 6.98. The summed E-state index contributed by atoms with van der Waals surface area (Å²) in [6.45, 7) is 0. The third-order valence-electron chi connectivity index (χ3n) is 5.38. The SMILES string of the molecule is Cl.NC1CC2CCCC(C1)C2NC(=O)c1cc2cc(F)ccc2s1. The molecule has 4 rings (SSSR count). The minimum absolute atomic E-state index is 0. The van der Waals surface area contributed by atoms with E-state index in [1.165, 1.54) is 29.9 Å². The van der Waals surface area contributed by atoms with E-state index < -0.39 is 0 Å². The van der Waals surface area contributed by atoms with Gasteiger partial charge in [-0.3, -0.25) is 4.79 Å². The van der Waals surface area contributed by atoms with Crippen LogP contribution in [-0.2, 0) is 0 Å². The number of hydrogen-bond acceptors (Lipinski definition) is 3. The minimum atomic E-state index is -0.266. The van der Waals surface area contributed by atoms with Gasteiger partial charge in [-0.25, -0.2) is 4.39 Å². The molecule has 130 valence electrons. The Hall–Kier alpha value is -1.17. The van der Waals surface area contributed by atoms with Crippen LogP contribution in [0.2, 0.25) is 0 Å². The normalized spacial score (nSPS) is 29.1. The van der Waals surface area contributed by atoms with Gasteiger partial charge in [-0.05, 0) is 67.2 Å². The van der Waals surface area contributed by atoms with Crippen molar-refractivity contribution in [2.45, 2.75) is 44.2 Å². The molecule has 0 aliphatic heterocycles. The number of nitrogens with two attached hydrogens (primary N) is 1. The Balaban J connectivity index is 0.00000169. The van der Waals surface area contributed by atoms with Crippen LogP contribution in [0.4, 0.5) is 4.39 Å². The molecule has 0 saturated heterocycles. The zero-order chi connectivity index (χ0) is 16.0. The van der Waals surface area contributed by atoms with Crippen LogP contribution in [0.1, 0.15) is 41.8 Å². The summed E-state index contributed by atoms with van der Waals surface area (Å²) >= 11 is 1.43. The van der Waals surface area contributed by atoms with Crippen LogP contribution in [0.25, 0.3) is 10.1 Å². The Morgan fingerprint density at radius 2 is 1.92 bits per heavy atom. The number of benzene rings is 1. The third kappa shape index (κ3) is 3.30. The third-order valence-corrected chi connectivity index (χ3v) is 6.49. The van der Waals surface area contributed by atoms with Gasteiger partial charge in [0.05, 0.1) is 4.88 Å². The Labute approximate surface area is 151 Å². The van der Waals surface area contributed by atoms with Crippen LogP contribution in [0.15, 0.2) is 24.3 Å². The van der Waals surface area contributed by atoms with Gasteiger partial charge in [-0.1, -0.05) is 6.42 Å². The van der Waals surface area contributed by atoms with E-state index >= 15 is 0 Å². The number of fused-ring (bicyclic) bond motifs is 3. The number of carbonyl (C=O) groups excluding carboxylic acids is 1. The topological polar surface area (TPSA) is 55.1 Å². The van der Waals surface area contributed by atoms with Crippen molar-refractivity contribution in [2.75, 3.05) is 0 Å². The molecule has 3 nitrogen and oxygen atoms in total. The summed E-state index contributed by atoms with van der Waals surface area (Å²) in [5, 5.41) is 4.05. The monoisotopic (exact) mass is 368 g/mol. The van der Waals surface area contributed by atoms with Gasteiger partial charge < -0.3 is 11.1 Å². The van der Waals surface area contributed by atoms with Gasteiger partial charge in [-0.15, -0.1) is 23.7 Å². The molecular formula is C18H22ClFN2OS. The average Bonchev–Trinajstić information content (AvgIpc) is 2.91. The summed E-state index contributed by atoms with van der Waals surface area (Å²) < 4.78 is 14.3. The average molecular weight is 369 g/mol. The lowest BCUT2D eigenvalue weighted by Gasteiger charge is -2.45. The summed E-state index contributed by atoms with van der Waals surface area (Å²) in [6, 6.07) is 6.98. The van der Waals surface area contributed by atoms with Crippen molar-refractivity contribution in [1.82, 2.24) is 5.32 Å². The molecule has 1 amide bonds. The van der Waals surface area contributed by atoms with Crippen LogP contribution in [-0.4, -0.2) is 18.0 Å². The zero-order valence-electron chi connectivity index (χ0n) is 13.3. The van der Waals surface area contributed by atoms with E-state index in [0.717, 1.165) is 35.8 Å². The summed E-state index contributed by atoms with van der Waals surface area (Å²) in [4.78, 5) is 13.3. The van der Waals surface area contributed by atoms with Gasteiger partial charge in [-0.2, -0.15) is 0 Å². The van der Waals surface area contributed by atoms with Crippen molar-refractivity contribution in [1.29, 1.82) is 0 Å². The Morgan fingerprint density at radius 1 is 1.21 bits per heavy atom. The van der Waals surface area contributed by atoms with Crippen molar-refractivity contribution in [3.63, 3.8) is 0 Å². The first-order valence-electron chi connectivity index (χ1n) is 8.35. The second-order valence-electron chi connectivity index (χ2n) is 6.97. The van der Waals surface area contributed by atoms with Crippen molar-refractivity contribution in [3.05, 3.63) is 35.0 Å². The molecule has 2 fully saturated rings. The number of thiophene rings is 1. The molecule has 2 atom stereocenters. The maximum atomic E-state index is 13.3. The summed E-state index contributed by atoms with van der Waals surface area (Å²) in [5.74, 6) is 0.726. The maximum absolute atomic E-state index is 13.3. The highest BCUT2D eigenvalue weighted by Gasteiger charge is 2.40. The van der Waals surface area contributed by atoms with Crippen molar-refractivity contribution in [3.8, 4) is 0 Å². The molecule has 0 spiro atoms. The fourth-order valence-electron chi connectivity index (χ4n) is 4.37. The highest BCUT2D eigenvalue weighted by atomic mass is 35.5. The predicted octanol–water partition coefficient (Wildman–Crippen LogP) is 4.10. The van der Waals surface area contributed by atoms with E-state index in [4.69, 9.17) is 5.73 Å². The number of rotatable bonds is 2. The number of halogens is 2. The first kappa shape index (κ1) is 17.6. The molecule has 2 unspecified atom stereocenters. The number of amides is 1. The first-order chi connectivity index (χ1) is 11.1. The quantitative estimate of drug-likeness (QED) is 0.838. The van der Waals surface area contributed by atoms with E-state index in [9.17, 15) is 9.18 Å². The zero-order valence-corrected chi connectivity index (χ0v) is 15.0. The van der Waals surface area contributed by atoms with Crippen LogP contribution >= 0.6 is 23.7 Å². The smallest absolute Gasteiger partial charge is 0.261 e. The van der Waals surface area contributed by atoms with Crippen LogP contribution in [0.5, 0.6) is 0 Å². The molecule has 3 N–H and O–H groups in total. The highest BCUT2D eigenvalue weighted by molar-refractivity contribution is 7.20. The van der Waals surface area contributed by atoms with E-state index in [1.54, 1.807) is 12.1 Å². The standard InChI is InChI=1S/C18H21FN2OS.ClH/c19-13-4-5-15-12(6-13)9-16(23-15)18(22)21-17-10-2-1-3-11(17)8-14(20)7-10;/h4-6,9-11,14,17H,1-3,7-8,20H2,(H,21,22);1H. The molecule has 2 saturated carbocycles. The van der Waals surface area contributed by atoms with Crippen molar-refractivity contribution < 1.29 is 9.18 Å². The number of hydrogen-bond donors (Lipinski definition) is 2. The number of carbonyl (C=O) groups is 1. The van der Waals surface area contributed by atoms with Gasteiger partial charge in [0.2, 0.25) is 0 Å². The molecule has 0 radical (unpaired) electrons. The molecule has 2 aromatic rings. The fraction of sp³-hybridized carbons (Fsp3) is 0.500. The van der Waals surface area contributed by atoms with Crippen molar-refractivity contribution in [2.24, 2.45) is 17.6 Å². The molecule has 24 heavy (non-hydrogen) atoms. The van der Waals surface area contributed by atoms with Gasteiger partial charge in [0.1, 0.15) is 5.82 Å². The second-order valence-corrected chi connectivity index (χ2v) is 8.06. The van der Waals surface area contributed by atoms with Gasteiger partial charge in [0, 0.05) is 16.8 Å². The molecule has 2 aliphatic rings. The molecule has 1 aromatic heterocycles. The van der Waals surface area contributed by atoms with Crippen LogP contribution < -0.4 is 11.1 Å². The molecule has 2 bridgehead atoms. The highest BCUT2D eigenvalue weighted by Crippen LogP contribution is 2.40. The Kier molecular flexibility index (Phi) is 5.13. The fourth-order valence-corrected chi connectivity index (χ4v) is 5.32. The maximum Gasteiger partial charge on any atom is 0.261 e. The number of nitrogens with one attached hydrogen (secondary N) is 1. The Bertz CT molecular complexity index is 736. The summed E-state index contributed by atoms with van der Waals surface area (Å²) in [6.07, 6.45) is 5.59. The minimum Gasteiger partial charge on any atom is -0.348 e. The molecular weight excluding hydrogens is 347 g/mol. The van der Waals surface area contributed by atoms with E-state index in [0.29, 0.717) is 16.7 Å². The van der Waals surface area contributed by atoms with E-state index in [2.05, 4.69) is 5.32 Å². The predicted molar refractivity (Wildman–Crippen MR) is 98.3 cm³/mol. The van der Waals surface area contributed by atoms with E-state index in [1.807, 2.05) is 0 Å². The summed E-state index contributed by atoms with van der Waals surface area (Å²) in [7, 11) is 0. The van der Waals surface area contributed by atoms with Gasteiger partial charge in [0.15, 0.2) is 0 Å². The lowest BCUT2D eigenvalue weighted by molar-refractivity contribution is 0.0759.